The van der Waals surface area contributed by atoms with Crippen LogP contribution in [0.1, 0.15) is 18.0 Å². The average molecular weight is 181 g/mol. The van der Waals surface area contributed by atoms with Crippen LogP contribution in [0.25, 0.3) is 0 Å². The van der Waals surface area contributed by atoms with E-state index in [2.05, 4.69) is 5.32 Å². The summed E-state index contributed by atoms with van der Waals surface area (Å²) in [5.74, 6) is 0.594. The second-order valence-corrected chi connectivity index (χ2v) is 3.16. The monoisotopic (exact) mass is 181 g/mol. The molecule has 0 saturated heterocycles. The molecule has 0 radical (unpaired) electrons. The number of ether oxygens (including phenoxy) is 1. The van der Waals surface area contributed by atoms with Gasteiger partial charge in [-0.1, -0.05) is 0 Å². The molecule has 0 bridgehead atoms. The quantitative estimate of drug-likeness (QED) is 0.714. The van der Waals surface area contributed by atoms with E-state index in [1.807, 2.05) is 7.05 Å². The van der Waals surface area contributed by atoms with Crippen molar-refractivity contribution < 1.29 is 9.13 Å². The van der Waals surface area contributed by atoms with Crippen molar-refractivity contribution in [1.29, 1.82) is 0 Å². The Labute approximate surface area is 76.7 Å². The van der Waals surface area contributed by atoms with Gasteiger partial charge in [0.1, 0.15) is 11.6 Å². The van der Waals surface area contributed by atoms with E-state index < -0.39 is 0 Å². The molecule has 70 valence electrons. The van der Waals surface area contributed by atoms with E-state index in [9.17, 15) is 4.39 Å². The molecule has 1 N–H and O–H groups in total. The molecule has 1 aromatic rings. The maximum atomic E-state index is 12.9. The van der Waals surface area contributed by atoms with Crippen molar-refractivity contribution in [3.05, 3.63) is 29.6 Å². The summed E-state index contributed by atoms with van der Waals surface area (Å²) in [5.41, 5.74) is 0.925. The lowest BCUT2D eigenvalue weighted by Crippen LogP contribution is -2.24. The first kappa shape index (κ1) is 8.51. The molecule has 1 aliphatic heterocycles. The third-order valence-electron chi connectivity index (χ3n) is 2.36. The molecule has 0 aromatic heterocycles. The number of hydrogen-bond acceptors (Lipinski definition) is 2. The highest BCUT2D eigenvalue weighted by Gasteiger charge is 2.19. The molecule has 3 heteroatoms. The Bertz CT molecular complexity index is 314. The Kier molecular flexibility index (Phi) is 2.19. The zero-order valence-corrected chi connectivity index (χ0v) is 7.51. The van der Waals surface area contributed by atoms with Crippen LogP contribution in [-0.4, -0.2) is 13.7 Å². The van der Waals surface area contributed by atoms with Crippen LogP contribution in [0.15, 0.2) is 18.2 Å². The third-order valence-corrected chi connectivity index (χ3v) is 2.36. The number of fused-ring (bicyclic) bond motifs is 1. The molecule has 2 rings (SSSR count). The van der Waals surface area contributed by atoms with Crippen molar-refractivity contribution in [3.8, 4) is 5.75 Å². The molecule has 0 aliphatic carbocycles. The minimum Gasteiger partial charge on any atom is -0.493 e. The van der Waals surface area contributed by atoms with E-state index >= 15 is 0 Å². The zero-order chi connectivity index (χ0) is 9.26. The van der Waals surface area contributed by atoms with E-state index in [-0.39, 0.29) is 11.9 Å². The summed E-state index contributed by atoms with van der Waals surface area (Å²) in [6.07, 6.45) is 0.896. The van der Waals surface area contributed by atoms with E-state index in [4.69, 9.17) is 4.74 Å². The largest absolute Gasteiger partial charge is 0.493 e. The molecule has 13 heavy (non-hydrogen) atoms. The lowest BCUT2D eigenvalue weighted by Gasteiger charge is -2.25. The van der Waals surface area contributed by atoms with Crippen molar-refractivity contribution in [1.82, 2.24) is 5.32 Å². The van der Waals surface area contributed by atoms with Crippen molar-refractivity contribution in [2.45, 2.75) is 12.5 Å². The van der Waals surface area contributed by atoms with Crippen molar-refractivity contribution in [2.75, 3.05) is 13.7 Å². The van der Waals surface area contributed by atoms with Gasteiger partial charge in [0.25, 0.3) is 0 Å². The van der Waals surface area contributed by atoms with Crippen LogP contribution < -0.4 is 10.1 Å². The first-order chi connectivity index (χ1) is 6.31. The van der Waals surface area contributed by atoms with Gasteiger partial charge in [-0.3, -0.25) is 0 Å². The number of hydrogen-bond donors (Lipinski definition) is 1. The molecular weight excluding hydrogens is 169 g/mol. The summed E-state index contributed by atoms with van der Waals surface area (Å²) in [6, 6.07) is 4.88. The number of halogens is 1. The zero-order valence-electron chi connectivity index (χ0n) is 7.51. The Balaban J connectivity index is 2.41. The number of nitrogens with one attached hydrogen (secondary N) is 1. The van der Waals surface area contributed by atoms with Crippen molar-refractivity contribution >= 4 is 0 Å². The summed E-state index contributed by atoms with van der Waals surface area (Å²) in [5, 5.41) is 3.14. The molecule has 1 unspecified atom stereocenters. The van der Waals surface area contributed by atoms with Crippen molar-refractivity contribution in [2.24, 2.45) is 0 Å². The minimum atomic E-state index is -0.204. The highest BCUT2D eigenvalue weighted by Crippen LogP contribution is 2.31. The predicted molar refractivity (Wildman–Crippen MR) is 48.3 cm³/mol. The van der Waals surface area contributed by atoms with Gasteiger partial charge in [0.15, 0.2) is 0 Å². The van der Waals surface area contributed by atoms with Gasteiger partial charge in [0, 0.05) is 18.0 Å². The van der Waals surface area contributed by atoms with Gasteiger partial charge < -0.3 is 10.1 Å². The molecule has 0 saturated carbocycles. The van der Waals surface area contributed by atoms with E-state index in [1.54, 1.807) is 6.07 Å². The SMILES string of the molecule is CNC1CCOc2ccc(F)cc21. The highest BCUT2D eigenvalue weighted by molar-refractivity contribution is 5.37. The summed E-state index contributed by atoms with van der Waals surface area (Å²) in [4.78, 5) is 0. The van der Waals surface area contributed by atoms with E-state index in [0.29, 0.717) is 6.61 Å². The molecular formula is C10H12FNO. The topological polar surface area (TPSA) is 21.3 Å². The maximum Gasteiger partial charge on any atom is 0.124 e. The summed E-state index contributed by atoms with van der Waals surface area (Å²) < 4.78 is 18.3. The predicted octanol–water partition coefficient (Wildman–Crippen LogP) is 1.87. The van der Waals surface area contributed by atoms with Crippen LogP contribution in [0, 0.1) is 5.82 Å². The maximum absolute atomic E-state index is 12.9. The van der Waals surface area contributed by atoms with Crippen LogP contribution in [0.3, 0.4) is 0 Å². The summed E-state index contributed by atoms with van der Waals surface area (Å²) in [7, 11) is 1.88. The molecule has 1 aliphatic rings. The van der Waals surface area contributed by atoms with Gasteiger partial charge in [0.2, 0.25) is 0 Å². The molecule has 1 atom stereocenters. The molecule has 1 heterocycles. The molecule has 2 nitrogen and oxygen atoms in total. The van der Waals surface area contributed by atoms with Crippen LogP contribution in [0.2, 0.25) is 0 Å². The average Bonchev–Trinajstić information content (AvgIpc) is 2.17. The van der Waals surface area contributed by atoms with Crippen LogP contribution in [0.4, 0.5) is 4.39 Å². The van der Waals surface area contributed by atoms with Crippen LogP contribution in [-0.2, 0) is 0 Å². The second kappa shape index (κ2) is 3.34. The fourth-order valence-corrected chi connectivity index (χ4v) is 1.67. The van der Waals surface area contributed by atoms with E-state index in [0.717, 1.165) is 17.7 Å². The van der Waals surface area contributed by atoms with Crippen molar-refractivity contribution in [3.63, 3.8) is 0 Å². The van der Waals surface area contributed by atoms with Gasteiger partial charge in [-0.2, -0.15) is 0 Å². The lowest BCUT2D eigenvalue weighted by molar-refractivity contribution is 0.256. The van der Waals surface area contributed by atoms with Crippen LogP contribution >= 0.6 is 0 Å². The Morgan fingerprint density at radius 2 is 2.38 bits per heavy atom. The molecule has 1 aromatic carbocycles. The molecule has 0 fully saturated rings. The Hall–Kier alpha value is -1.09. The minimum absolute atomic E-state index is 0.204. The summed E-state index contributed by atoms with van der Waals surface area (Å²) >= 11 is 0. The van der Waals surface area contributed by atoms with Gasteiger partial charge in [0.05, 0.1) is 6.61 Å². The third kappa shape index (κ3) is 1.52. The van der Waals surface area contributed by atoms with Crippen LogP contribution in [0.5, 0.6) is 5.75 Å². The standard InChI is InChI=1S/C10H12FNO/c1-12-9-4-5-13-10-3-2-7(11)6-8(9)10/h2-3,6,9,12H,4-5H2,1H3. The van der Waals surface area contributed by atoms with Gasteiger partial charge >= 0.3 is 0 Å². The molecule has 0 amide bonds. The Morgan fingerprint density at radius 3 is 3.15 bits per heavy atom. The van der Waals surface area contributed by atoms with Gasteiger partial charge in [-0.05, 0) is 25.2 Å². The van der Waals surface area contributed by atoms with Gasteiger partial charge in [-0.25, -0.2) is 4.39 Å². The lowest BCUT2D eigenvalue weighted by atomic mass is 10.0. The smallest absolute Gasteiger partial charge is 0.124 e. The number of rotatable bonds is 1. The first-order valence-corrected chi connectivity index (χ1v) is 4.41. The highest BCUT2D eigenvalue weighted by atomic mass is 19.1. The summed E-state index contributed by atoms with van der Waals surface area (Å²) in [6.45, 7) is 0.699. The molecule has 0 spiro atoms. The van der Waals surface area contributed by atoms with E-state index in [1.165, 1.54) is 12.1 Å². The first-order valence-electron chi connectivity index (χ1n) is 4.41. The Morgan fingerprint density at radius 1 is 1.54 bits per heavy atom. The fraction of sp³-hybridized carbons (Fsp3) is 0.400. The second-order valence-electron chi connectivity index (χ2n) is 3.16. The van der Waals surface area contributed by atoms with Gasteiger partial charge in [-0.15, -0.1) is 0 Å². The normalized spacial score (nSPS) is 20.6. The number of benzene rings is 1. The fourth-order valence-electron chi connectivity index (χ4n) is 1.67.